The van der Waals surface area contributed by atoms with Crippen LogP contribution in [0.1, 0.15) is 42.3 Å². The number of hydrogen-bond acceptors (Lipinski definition) is 6. The zero-order valence-corrected chi connectivity index (χ0v) is 20.4. The molecule has 5 N–H and O–H groups in total. The summed E-state index contributed by atoms with van der Waals surface area (Å²) in [5.41, 5.74) is 12.0. The predicted molar refractivity (Wildman–Crippen MR) is 135 cm³/mol. The molecule has 0 unspecified atom stereocenters. The first-order valence-electron chi connectivity index (χ1n) is 11.4. The van der Waals surface area contributed by atoms with Gasteiger partial charge in [0.25, 0.3) is 11.5 Å². The number of nitrogens with one attached hydrogen (secondary N) is 1. The van der Waals surface area contributed by atoms with E-state index in [4.69, 9.17) is 11.5 Å². The molecule has 0 bridgehead atoms. The third-order valence-electron chi connectivity index (χ3n) is 5.69. The van der Waals surface area contributed by atoms with Crippen molar-refractivity contribution in [2.45, 2.75) is 46.5 Å². The minimum absolute atomic E-state index is 0.0578. The first-order valence-corrected chi connectivity index (χ1v) is 11.4. The van der Waals surface area contributed by atoms with Gasteiger partial charge in [0.15, 0.2) is 0 Å². The number of carbonyl (C=O) groups excluding carboxylic acids is 2. The first kappa shape index (κ1) is 25.7. The molecule has 0 radical (unpaired) electrons. The molecule has 186 valence electrons. The Morgan fingerprint density at radius 1 is 1.17 bits per heavy atom. The molecule has 3 aromatic rings. The lowest BCUT2D eigenvalue weighted by atomic mass is 9.99. The molecule has 0 saturated carbocycles. The van der Waals surface area contributed by atoms with Gasteiger partial charge in [0.1, 0.15) is 23.4 Å². The second-order valence-electron chi connectivity index (χ2n) is 8.65. The van der Waals surface area contributed by atoms with Crippen LogP contribution in [-0.2, 0) is 17.9 Å². The number of carbonyl (C=O) groups is 2. The minimum atomic E-state index is -1.45. The number of aryl methyl sites for hydroxylation is 1. The number of likely N-dealkylation sites (tertiary alicyclic amines) is 1. The average Bonchev–Trinajstić information content (AvgIpc) is 2.82. The van der Waals surface area contributed by atoms with Gasteiger partial charge in [0.2, 0.25) is 5.91 Å². The summed E-state index contributed by atoms with van der Waals surface area (Å²) < 4.78 is 14.9. The molecule has 1 aliphatic heterocycles. The molecule has 9 nitrogen and oxygen atoms in total. The van der Waals surface area contributed by atoms with Crippen LogP contribution in [0.4, 0.5) is 15.8 Å². The van der Waals surface area contributed by atoms with Crippen LogP contribution in [0.5, 0.6) is 0 Å². The Morgan fingerprint density at radius 2 is 1.80 bits per heavy atom. The molecule has 2 aromatic heterocycles. The highest BCUT2D eigenvalue weighted by Crippen LogP contribution is 2.26. The predicted octanol–water partition coefficient (Wildman–Crippen LogP) is 2.40. The van der Waals surface area contributed by atoms with E-state index in [-0.39, 0.29) is 47.6 Å². The second kappa shape index (κ2) is 10.1. The summed E-state index contributed by atoms with van der Waals surface area (Å²) in [6.07, 6.45) is 1.29. The van der Waals surface area contributed by atoms with Crippen LogP contribution in [0.3, 0.4) is 0 Å². The van der Waals surface area contributed by atoms with Gasteiger partial charge in [0.05, 0.1) is 30.7 Å². The number of pyridine rings is 2. The van der Waals surface area contributed by atoms with E-state index in [0.29, 0.717) is 0 Å². The number of halogens is 1. The Labute approximate surface area is 202 Å². The molecular weight excluding hydrogens is 451 g/mol. The van der Waals surface area contributed by atoms with E-state index in [9.17, 15) is 18.8 Å². The largest absolute Gasteiger partial charge is 0.396 e. The molecular formula is C25H31FN6O3. The lowest BCUT2D eigenvalue weighted by Gasteiger charge is -2.42. The summed E-state index contributed by atoms with van der Waals surface area (Å²) in [6, 6.07) is 8.93. The van der Waals surface area contributed by atoms with Crippen LogP contribution in [0, 0.1) is 6.92 Å². The molecule has 2 amide bonds. The summed E-state index contributed by atoms with van der Waals surface area (Å²) in [4.78, 5) is 44.3. The zero-order chi connectivity index (χ0) is 25.9. The van der Waals surface area contributed by atoms with Gasteiger partial charge in [-0.15, -0.1) is 0 Å². The highest BCUT2D eigenvalue weighted by atomic mass is 19.1. The van der Waals surface area contributed by atoms with Crippen molar-refractivity contribution < 1.29 is 14.0 Å². The number of anilines is 2. The number of benzene rings is 1. The molecule has 1 aromatic carbocycles. The van der Waals surface area contributed by atoms with Gasteiger partial charge in [-0.1, -0.05) is 43.7 Å². The SMILES string of the molecule is CC.Cc1ccc(CNC(=O)c2cc3c(N)c(N)cnc3n(CC(=O)N3CC(C)(F)C3)c2=O)cc1. The molecule has 0 atom stereocenters. The van der Waals surface area contributed by atoms with E-state index in [0.717, 1.165) is 15.7 Å². The molecule has 3 heterocycles. The van der Waals surface area contributed by atoms with Crippen molar-refractivity contribution >= 4 is 34.2 Å². The number of nitrogens with two attached hydrogens (primary N) is 2. The second-order valence-corrected chi connectivity index (χ2v) is 8.65. The van der Waals surface area contributed by atoms with Gasteiger partial charge in [0, 0.05) is 11.9 Å². The monoisotopic (exact) mass is 482 g/mol. The fourth-order valence-electron chi connectivity index (χ4n) is 3.80. The van der Waals surface area contributed by atoms with E-state index in [1.165, 1.54) is 24.1 Å². The highest BCUT2D eigenvalue weighted by Gasteiger charge is 2.41. The van der Waals surface area contributed by atoms with Gasteiger partial charge in [-0.25, -0.2) is 9.37 Å². The Bertz CT molecular complexity index is 1310. The first-order chi connectivity index (χ1) is 16.6. The Morgan fingerprint density at radius 3 is 2.40 bits per heavy atom. The van der Waals surface area contributed by atoms with Gasteiger partial charge in [-0.05, 0) is 25.5 Å². The number of fused-ring (bicyclic) bond motifs is 1. The maximum Gasteiger partial charge on any atom is 0.265 e. The third kappa shape index (κ3) is 5.42. The highest BCUT2D eigenvalue weighted by molar-refractivity contribution is 6.01. The van der Waals surface area contributed by atoms with Crippen LogP contribution in [0.2, 0.25) is 0 Å². The van der Waals surface area contributed by atoms with Gasteiger partial charge in [-0.2, -0.15) is 0 Å². The number of nitrogens with zero attached hydrogens (tertiary/aromatic N) is 3. The standard InChI is InChI=1S/C23H25FN6O3.C2H6/c1-13-3-5-14(6-4-13)8-28-21(32)16-7-15-19(26)17(25)9-27-20(15)30(22(16)33)10-18(31)29-11-23(2,24)12-29;1-2/h3-7,9H,8,10-12,25H2,1-2H3,(H2,26,27)(H,28,32);1-2H3. The van der Waals surface area contributed by atoms with E-state index < -0.39 is 29.6 Å². The van der Waals surface area contributed by atoms with E-state index >= 15 is 0 Å². The van der Waals surface area contributed by atoms with Crippen molar-refractivity contribution in [1.82, 2.24) is 19.8 Å². The summed E-state index contributed by atoms with van der Waals surface area (Å²) in [5, 5.41) is 3.00. The van der Waals surface area contributed by atoms with E-state index in [1.807, 2.05) is 45.0 Å². The van der Waals surface area contributed by atoms with Crippen LogP contribution in [0.25, 0.3) is 11.0 Å². The summed E-state index contributed by atoms with van der Waals surface area (Å²) in [5.74, 6) is -1.08. The lowest BCUT2D eigenvalue weighted by Crippen LogP contribution is -2.60. The van der Waals surface area contributed by atoms with Crippen LogP contribution < -0.4 is 22.3 Å². The van der Waals surface area contributed by atoms with Crippen molar-refractivity contribution in [3.05, 3.63) is 63.6 Å². The summed E-state index contributed by atoms with van der Waals surface area (Å²) in [6.45, 7) is 7.06. The van der Waals surface area contributed by atoms with Crippen molar-refractivity contribution in [3.63, 3.8) is 0 Å². The van der Waals surface area contributed by atoms with Crippen molar-refractivity contribution in [1.29, 1.82) is 0 Å². The van der Waals surface area contributed by atoms with Gasteiger partial charge >= 0.3 is 0 Å². The smallest absolute Gasteiger partial charge is 0.265 e. The molecule has 35 heavy (non-hydrogen) atoms. The maximum absolute atomic E-state index is 13.8. The van der Waals surface area contributed by atoms with Crippen LogP contribution in [-0.4, -0.2) is 45.0 Å². The quantitative estimate of drug-likeness (QED) is 0.511. The van der Waals surface area contributed by atoms with Crippen molar-refractivity contribution in [3.8, 4) is 0 Å². The number of hydrogen-bond donors (Lipinski definition) is 3. The van der Waals surface area contributed by atoms with E-state index in [2.05, 4.69) is 10.3 Å². The molecule has 0 spiro atoms. The van der Waals surface area contributed by atoms with E-state index in [1.54, 1.807) is 0 Å². The van der Waals surface area contributed by atoms with Crippen molar-refractivity contribution in [2.24, 2.45) is 0 Å². The number of rotatable bonds is 5. The summed E-state index contributed by atoms with van der Waals surface area (Å²) in [7, 11) is 0. The Balaban J connectivity index is 0.00000167. The van der Waals surface area contributed by atoms with Crippen LogP contribution >= 0.6 is 0 Å². The third-order valence-corrected chi connectivity index (χ3v) is 5.69. The van der Waals surface area contributed by atoms with Gasteiger partial charge in [-0.3, -0.25) is 19.0 Å². The molecule has 1 aliphatic rings. The normalized spacial score (nSPS) is 14.0. The number of amides is 2. The van der Waals surface area contributed by atoms with Crippen LogP contribution in [0.15, 0.2) is 41.3 Å². The summed E-state index contributed by atoms with van der Waals surface area (Å²) >= 11 is 0. The minimum Gasteiger partial charge on any atom is -0.396 e. The Kier molecular flexibility index (Phi) is 7.42. The van der Waals surface area contributed by atoms with Crippen molar-refractivity contribution in [2.75, 3.05) is 24.6 Å². The molecule has 4 rings (SSSR count). The zero-order valence-electron chi connectivity index (χ0n) is 20.4. The molecule has 10 heteroatoms. The molecule has 1 saturated heterocycles. The Hall–Kier alpha value is -3.95. The molecule has 0 aliphatic carbocycles. The maximum atomic E-state index is 13.8. The fraction of sp³-hybridized carbons (Fsp3) is 0.360. The lowest BCUT2D eigenvalue weighted by molar-refractivity contribution is -0.144. The number of alkyl halides is 1. The topological polar surface area (TPSA) is 136 Å². The average molecular weight is 483 g/mol. The van der Waals surface area contributed by atoms with Gasteiger partial charge < -0.3 is 21.7 Å². The number of aromatic nitrogens is 2. The number of nitrogen functional groups attached to an aromatic ring is 2. The fourth-order valence-corrected chi connectivity index (χ4v) is 3.80. The molecule has 1 fully saturated rings.